The molecule has 0 saturated carbocycles. The van der Waals surface area contributed by atoms with E-state index in [-0.39, 0.29) is 17.8 Å². The fourth-order valence-corrected chi connectivity index (χ4v) is 3.24. The smallest absolute Gasteiger partial charge is 0.311 e. The summed E-state index contributed by atoms with van der Waals surface area (Å²) < 4.78 is 5.42. The molecule has 0 saturated heterocycles. The number of aromatic nitrogens is 2. The fourth-order valence-electron chi connectivity index (χ4n) is 3.24. The standard InChI is InChI=1S/C21H29N3O2/c1-4-9-15(3)12-17(16-10-7-6-8-11-16)13-18-19(26-20(25)5-2)14-23-21(22)24-18/h6-8,10-11,14-15,17H,4-5,9,12-13H2,1-3H3,(H2,22,23,24). The Bertz CT molecular complexity index is 704. The molecule has 2 aromatic rings. The Balaban J connectivity index is 2.29. The largest absolute Gasteiger partial charge is 0.423 e. The number of anilines is 1. The Hall–Kier alpha value is -2.43. The molecule has 1 aromatic heterocycles. The van der Waals surface area contributed by atoms with Crippen molar-refractivity contribution in [3.63, 3.8) is 0 Å². The number of carbonyl (C=O) groups excluding carboxylic acids is 1. The van der Waals surface area contributed by atoms with Crippen molar-refractivity contribution in [2.45, 2.75) is 58.8 Å². The van der Waals surface area contributed by atoms with E-state index < -0.39 is 0 Å². The Kier molecular flexibility index (Phi) is 7.57. The van der Waals surface area contributed by atoms with Gasteiger partial charge in [0.2, 0.25) is 5.95 Å². The maximum absolute atomic E-state index is 11.7. The number of nitrogen functional groups attached to an aromatic ring is 1. The van der Waals surface area contributed by atoms with E-state index in [9.17, 15) is 4.79 Å². The van der Waals surface area contributed by atoms with Crippen LogP contribution in [-0.4, -0.2) is 15.9 Å². The molecule has 0 amide bonds. The molecule has 2 atom stereocenters. The second kappa shape index (κ2) is 9.90. The second-order valence-electron chi connectivity index (χ2n) is 6.81. The number of benzene rings is 1. The molecule has 0 radical (unpaired) electrons. The zero-order chi connectivity index (χ0) is 18.9. The normalized spacial score (nSPS) is 13.2. The molecule has 1 heterocycles. The summed E-state index contributed by atoms with van der Waals surface area (Å²) in [7, 11) is 0. The lowest BCUT2D eigenvalue weighted by Crippen LogP contribution is -2.14. The molecule has 1 aromatic carbocycles. The molecule has 5 nitrogen and oxygen atoms in total. The number of hydrogen-bond donors (Lipinski definition) is 1. The first kappa shape index (κ1) is 19.9. The lowest BCUT2D eigenvalue weighted by atomic mass is 9.84. The number of nitrogens with zero attached hydrogens (tertiary/aromatic N) is 2. The van der Waals surface area contributed by atoms with Gasteiger partial charge in [-0.25, -0.2) is 9.97 Å². The van der Waals surface area contributed by atoms with Crippen LogP contribution in [0.1, 0.15) is 63.6 Å². The zero-order valence-corrected chi connectivity index (χ0v) is 15.9. The van der Waals surface area contributed by atoms with E-state index in [1.54, 1.807) is 6.92 Å². The van der Waals surface area contributed by atoms with Gasteiger partial charge in [-0.15, -0.1) is 0 Å². The number of esters is 1. The summed E-state index contributed by atoms with van der Waals surface area (Å²) in [6, 6.07) is 10.4. The topological polar surface area (TPSA) is 78.1 Å². The van der Waals surface area contributed by atoms with Gasteiger partial charge in [0.05, 0.1) is 11.9 Å². The molecule has 2 N–H and O–H groups in total. The van der Waals surface area contributed by atoms with Crippen LogP contribution in [-0.2, 0) is 11.2 Å². The fraction of sp³-hybridized carbons (Fsp3) is 0.476. The van der Waals surface area contributed by atoms with Gasteiger partial charge in [0.15, 0.2) is 5.75 Å². The van der Waals surface area contributed by atoms with Gasteiger partial charge in [-0.3, -0.25) is 4.79 Å². The number of ether oxygens (including phenoxy) is 1. The van der Waals surface area contributed by atoms with E-state index >= 15 is 0 Å². The van der Waals surface area contributed by atoms with Crippen LogP contribution < -0.4 is 10.5 Å². The first-order valence-corrected chi connectivity index (χ1v) is 9.40. The molecule has 5 heteroatoms. The Labute approximate surface area is 156 Å². The molecule has 140 valence electrons. The first-order chi connectivity index (χ1) is 12.5. The van der Waals surface area contributed by atoms with Crippen LogP contribution in [0.15, 0.2) is 36.5 Å². The molecule has 0 aliphatic heterocycles. The summed E-state index contributed by atoms with van der Waals surface area (Å²) in [5, 5.41) is 0. The van der Waals surface area contributed by atoms with Crippen LogP contribution in [0.25, 0.3) is 0 Å². The summed E-state index contributed by atoms with van der Waals surface area (Å²) in [5.41, 5.74) is 7.75. The third kappa shape index (κ3) is 5.83. The lowest BCUT2D eigenvalue weighted by molar-refractivity contribution is -0.134. The highest BCUT2D eigenvalue weighted by Crippen LogP contribution is 2.31. The van der Waals surface area contributed by atoms with Crippen LogP contribution in [0, 0.1) is 5.92 Å². The van der Waals surface area contributed by atoms with E-state index in [0.29, 0.717) is 30.2 Å². The Morgan fingerprint density at radius 2 is 1.96 bits per heavy atom. The highest BCUT2D eigenvalue weighted by atomic mass is 16.5. The van der Waals surface area contributed by atoms with Crippen LogP contribution >= 0.6 is 0 Å². The molecule has 2 unspecified atom stereocenters. The predicted molar refractivity (Wildman–Crippen MR) is 104 cm³/mol. The summed E-state index contributed by atoms with van der Waals surface area (Å²) in [6.07, 6.45) is 5.87. The van der Waals surface area contributed by atoms with Gasteiger partial charge < -0.3 is 10.5 Å². The van der Waals surface area contributed by atoms with Crippen molar-refractivity contribution in [3.05, 3.63) is 47.8 Å². The summed E-state index contributed by atoms with van der Waals surface area (Å²) >= 11 is 0. The van der Waals surface area contributed by atoms with Gasteiger partial charge in [-0.1, -0.05) is 63.9 Å². The van der Waals surface area contributed by atoms with Crippen LogP contribution in [0.5, 0.6) is 5.75 Å². The molecule has 0 bridgehead atoms. The van der Waals surface area contributed by atoms with Crippen LogP contribution in [0.4, 0.5) is 5.95 Å². The van der Waals surface area contributed by atoms with Crippen molar-refractivity contribution in [1.29, 1.82) is 0 Å². The van der Waals surface area contributed by atoms with Crippen molar-refractivity contribution in [3.8, 4) is 5.75 Å². The maximum Gasteiger partial charge on any atom is 0.311 e. The van der Waals surface area contributed by atoms with E-state index in [2.05, 4.69) is 48.1 Å². The SMILES string of the molecule is CCCC(C)CC(Cc1nc(N)ncc1OC(=O)CC)c1ccccc1. The number of rotatable bonds is 9. The summed E-state index contributed by atoms with van der Waals surface area (Å²) in [6.45, 7) is 6.26. The highest BCUT2D eigenvalue weighted by molar-refractivity contribution is 5.72. The highest BCUT2D eigenvalue weighted by Gasteiger charge is 2.20. The van der Waals surface area contributed by atoms with Gasteiger partial charge >= 0.3 is 5.97 Å². The van der Waals surface area contributed by atoms with Crippen molar-refractivity contribution >= 4 is 11.9 Å². The third-order valence-corrected chi connectivity index (χ3v) is 4.54. The van der Waals surface area contributed by atoms with Gasteiger partial charge in [0, 0.05) is 12.8 Å². The van der Waals surface area contributed by atoms with Crippen molar-refractivity contribution in [2.24, 2.45) is 5.92 Å². The quantitative estimate of drug-likeness (QED) is 0.669. The van der Waals surface area contributed by atoms with Crippen LogP contribution in [0.3, 0.4) is 0 Å². The predicted octanol–water partition coefficient (Wildman–Crippen LogP) is 4.53. The molecule has 0 fully saturated rings. The number of nitrogens with two attached hydrogens (primary N) is 1. The Morgan fingerprint density at radius 1 is 1.23 bits per heavy atom. The molecule has 0 aliphatic carbocycles. The third-order valence-electron chi connectivity index (χ3n) is 4.54. The van der Waals surface area contributed by atoms with Gasteiger partial charge in [-0.2, -0.15) is 0 Å². The minimum atomic E-state index is -0.296. The average molecular weight is 355 g/mol. The summed E-state index contributed by atoms with van der Waals surface area (Å²) in [5.74, 6) is 1.20. The van der Waals surface area contributed by atoms with Crippen LogP contribution in [0.2, 0.25) is 0 Å². The maximum atomic E-state index is 11.7. The van der Waals surface area contributed by atoms with E-state index in [1.807, 2.05) is 6.07 Å². The summed E-state index contributed by atoms with van der Waals surface area (Å²) in [4.78, 5) is 20.1. The second-order valence-corrected chi connectivity index (χ2v) is 6.81. The van der Waals surface area contributed by atoms with Crippen molar-refractivity contribution in [1.82, 2.24) is 9.97 Å². The molecular weight excluding hydrogens is 326 g/mol. The zero-order valence-electron chi connectivity index (χ0n) is 15.9. The average Bonchev–Trinajstić information content (AvgIpc) is 2.64. The van der Waals surface area contributed by atoms with E-state index in [0.717, 1.165) is 6.42 Å². The molecular formula is C21H29N3O2. The van der Waals surface area contributed by atoms with Crippen molar-refractivity contribution in [2.75, 3.05) is 5.73 Å². The number of carbonyl (C=O) groups is 1. The molecule has 0 aliphatic rings. The lowest BCUT2D eigenvalue weighted by Gasteiger charge is -2.22. The van der Waals surface area contributed by atoms with Gasteiger partial charge in [0.25, 0.3) is 0 Å². The van der Waals surface area contributed by atoms with Crippen molar-refractivity contribution < 1.29 is 9.53 Å². The molecule has 0 spiro atoms. The van der Waals surface area contributed by atoms with E-state index in [4.69, 9.17) is 10.5 Å². The molecule has 26 heavy (non-hydrogen) atoms. The first-order valence-electron chi connectivity index (χ1n) is 9.40. The molecule has 2 rings (SSSR count). The van der Waals surface area contributed by atoms with Gasteiger partial charge in [0.1, 0.15) is 0 Å². The van der Waals surface area contributed by atoms with Gasteiger partial charge in [-0.05, 0) is 23.8 Å². The monoisotopic (exact) mass is 355 g/mol. The minimum absolute atomic E-state index is 0.199. The number of hydrogen-bond acceptors (Lipinski definition) is 5. The Morgan fingerprint density at radius 3 is 2.62 bits per heavy atom. The minimum Gasteiger partial charge on any atom is -0.423 e. The van der Waals surface area contributed by atoms with E-state index in [1.165, 1.54) is 24.6 Å².